The van der Waals surface area contributed by atoms with Crippen molar-refractivity contribution >= 4 is 68.9 Å². The van der Waals surface area contributed by atoms with Crippen LogP contribution in [0.4, 0.5) is 37.7 Å². The van der Waals surface area contributed by atoms with Crippen molar-refractivity contribution in [3.8, 4) is 41.8 Å². The first-order chi connectivity index (χ1) is 20.1. The van der Waals surface area contributed by atoms with Crippen LogP contribution in [-0.4, -0.2) is 8.75 Å². The maximum absolute atomic E-state index is 13.7. The number of nitrogens with one attached hydrogen (secondary N) is 2. The van der Waals surface area contributed by atoms with Gasteiger partial charge < -0.3 is 9.44 Å². The third-order valence-electron chi connectivity index (χ3n) is 6.72. The van der Waals surface area contributed by atoms with E-state index in [-0.39, 0.29) is 11.1 Å². The van der Waals surface area contributed by atoms with Crippen LogP contribution in [0.3, 0.4) is 0 Å². The zero-order valence-corrected chi connectivity index (χ0v) is 24.0. The van der Waals surface area contributed by atoms with Gasteiger partial charge in [-0.3, -0.25) is 0 Å². The highest BCUT2D eigenvalue weighted by Crippen LogP contribution is 2.55. The molecule has 42 heavy (non-hydrogen) atoms. The van der Waals surface area contributed by atoms with Crippen LogP contribution in [-0.2, 0) is 12.4 Å². The molecule has 0 spiro atoms. The van der Waals surface area contributed by atoms with Crippen LogP contribution in [0, 0.1) is 0 Å². The zero-order valence-electron chi connectivity index (χ0n) is 20.7. The van der Waals surface area contributed by atoms with Gasteiger partial charge in [0.05, 0.1) is 46.4 Å². The molecule has 0 bridgehead atoms. The SMILES string of the molecule is FC(F)(F)c1ccccc1-c1ccc(-c2c3c(c(-c4ccc(-c5ccccc5C(F)(F)F)s4)c4nsnc24)NSN3)s1. The van der Waals surface area contributed by atoms with Gasteiger partial charge in [-0.05, 0) is 36.4 Å². The summed E-state index contributed by atoms with van der Waals surface area (Å²) in [5.41, 5.74) is 2.59. The molecule has 0 atom stereocenters. The van der Waals surface area contributed by atoms with Gasteiger partial charge in [0.15, 0.2) is 0 Å². The fraction of sp³-hybridized carbons (Fsp3) is 0.0714. The number of aromatic nitrogens is 2. The maximum Gasteiger partial charge on any atom is 0.417 e. The highest BCUT2D eigenvalue weighted by Gasteiger charge is 2.35. The molecule has 6 aromatic rings. The Morgan fingerprint density at radius 1 is 0.524 bits per heavy atom. The van der Waals surface area contributed by atoms with E-state index in [0.717, 1.165) is 23.9 Å². The third kappa shape index (κ3) is 4.53. The average Bonchev–Trinajstić information content (AvgIpc) is 3.77. The van der Waals surface area contributed by atoms with E-state index < -0.39 is 23.5 Å². The molecular weight excluding hydrogens is 635 g/mol. The first-order valence-electron chi connectivity index (χ1n) is 12.1. The molecule has 3 aromatic heterocycles. The van der Waals surface area contributed by atoms with Gasteiger partial charge in [0.1, 0.15) is 11.0 Å². The second kappa shape index (κ2) is 10.0. The fourth-order valence-electron chi connectivity index (χ4n) is 4.94. The minimum atomic E-state index is -4.50. The highest BCUT2D eigenvalue weighted by atomic mass is 32.2. The van der Waals surface area contributed by atoms with E-state index >= 15 is 0 Å². The van der Waals surface area contributed by atoms with Crippen molar-refractivity contribution in [2.45, 2.75) is 12.4 Å². The second-order valence-electron chi connectivity index (χ2n) is 9.18. The molecule has 212 valence electrons. The third-order valence-corrected chi connectivity index (χ3v) is 10.1. The van der Waals surface area contributed by atoms with Crippen molar-refractivity contribution in [2.24, 2.45) is 0 Å². The van der Waals surface area contributed by atoms with Crippen molar-refractivity contribution in [1.82, 2.24) is 8.75 Å². The molecule has 3 aromatic carbocycles. The van der Waals surface area contributed by atoms with Crippen LogP contribution in [0.15, 0.2) is 72.8 Å². The van der Waals surface area contributed by atoms with Gasteiger partial charge in [-0.1, -0.05) is 36.4 Å². The Morgan fingerprint density at radius 3 is 1.36 bits per heavy atom. The zero-order chi connectivity index (χ0) is 29.2. The molecule has 14 heteroatoms. The molecule has 0 radical (unpaired) electrons. The van der Waals surface area contributed by atoms with Crippen LogP contribution in [0.25, 0.3) is 52.8 Å². The number of fused-ring (bicyclic) bond motifs is 2. The van der Waals surface area contributed by atoms with E-state index in [1.54, 1.807) is 36.4 Å². The lowest BCUT2D eigenvalue weighted by atomic mass is 10.0. The summed E-state index contributed by atoms with van der Waals surface area (Å²) in [6.07, 6.45) is -9.00. The van der Waals surface area contributed by atoms with Gasteiger partial charge in [-0.25, -0.2) is 0 Å². The van der Waals surface area contributed by atoms with Crippen molar-refractivity contribution < 1.29 is 26.3 Å². The molecule has 1 aliphatic rings. The summed E-state index contributed by atoms with van der Waals surface area (Å²) in [6, 6.07) is 17.8. The predicted octanol–water partition coefficient (Wildman–Crippen LogP) is 10.9. The Morgan fingerprint density at radius 2 is 0.929 bits per heavy atom. The van der Waals surface area contributed by atoms with Crippen molar-refractivity contribution in [3.05, 3.63) is 83.9 Å². The molecule has 0 saturated carbocycles. The lowest BCUT2D eigenvalue weighted by Gasteiger charge is -2.12. The summed E-state index contributed by atoms with van der Waals surface area (Å²) in [4.78, 5) is 2.31. The van der Waals surface area contributed by atoms with Gasteiger partial charge in [-0.2, -0.15) is 35.1 Å². The fourth-order valence-corrected chi connectivity index (χ4v) is 8.36. The lowest BCUT2D eigenvalue weighted by Crippen LogP contribution is -2.06. The minimum absolute atomic E-state index is 0.0906. The topological polar surface area (TPSA) is 49.8 Å². The molecule has 0 unspecified atom stereocenters. The van der Waals surface area contributed by atoms with Gasteiger partial charge in [0, 0.05) is 41.8 Å². The summed E-state index contributed by atoms with van der Waals surface area (Å²) in [7, 11) is 0. The lowest BCUT2D eigenvalue weighted by molar-refractivity contribution is -0.137. The van der Waals surface area contributed by atoms with Crippen molar-refractivity contribution in [2.75, 3.05) is 9.44 Å². The van der Waals surface area contributed by atoms with Gasteiger partial charge in [0.25, 0.3) is 0 Å². The summed E-state index contributed by atoms with van der Waals surface area (Å²) in [5.74, 6) is 0. The van der Waals surface area contributed by atoms with Crippen LogP contribution < -0.4 is 9.44 Å². The average molecular weight is 649 g/mol. The monoisotopic (exact) mass is 648 g/mol. The molecular formula is C28H14F6N4S4. The number of hydrogen-bond donors (Lipinski definition) is 2. The number of alkyl halides is 6. The summed E-state index contributed by atoms with van der Waals surface area (Å²) in [5, 5.41) is 0. The van der Waals surface area contributed by atoms with E-state index in [0.29, 0.717) is 53.0 Å². The number of halogens is 6. The van der Waals surface area contributed by atoms with Crippen LogP contribution in [0.1, 0.15) is 11.1 Å². The maximum atomic E-state index is 13.7. The number of rotatable bonds is 4. The van der Waals surface area contributed by atoms with E-state index in [9.17, 15) is 26.3 Å². The predicted molar refractivity (Wildman–Crippen MR) is 160 cm³/mol. The molecule has 1 aliphatic heterocycles. The largest absolute Gasteiger partial charge is 0.417 e. The van der Waals surface area contributed by atoms with Crippen molar-refractivity contribution in [1.29, 1.82) is 0 Å². The minimum Gasteiger partial charge on any atom is -0.309 e. The Balaban J connectivity index is 1.37. The number of thiophene rings is 2. The molecule has 0 amide bonds. The molecule has 0 aliphatic carbocycles. The smallest absolute Gasteiger partial charge is 0.309 e. The molecule has 2 N–H and O–H groups in total. The van der Waals surface area contributed by atoms with E-state index in [1.165, 1.54) is 59.1 Å². The van der Waals surface area contributed by atoms with Gasteiger partial charge >= 0.3 is 12.4 Å². The number of nitrogens with zero attached hydrogens (tertiary/aromatic N) is 2. The van der Waals surface area contributed by atoms with Gasteiger partial charge in [-0.15, -0.1) is 22.7 Å². The summed E-state index contributed by atoms with van der Waals surface area (Å²) < 4.78 is 97.9. The number of anilines is 2. The molecule has 4 heterocycles. The molecule has 4 nitrogen and oxygen atoms in total. The van der Waals surface area contributed by atoms with E-state index in [1.807, 2.05) is 0 Å². The second-order valence-corrected chi connectivity index (χ2v) is 12.5. The van der Waals surface area contributed by atoms with Crippen molar-refractivity contribution in [3.63, 3.8) is 0 Å². The van der Waals surface area contributed by atoms with E-state index in [2.05, 4.69) is 18.2 Å². The molecule has 7 rings (SSSR count). The van der Waals surface area contributed by atoms with Crippen LogP contribution in [0.5, 0.6) is 0 Å². The normalized spacial score (nSPS) is 13.3. The quantitative estimate of drug-likeness (QED) is 0.147. The van der Waals surface area contributed by atoms with Crippen LogP contribution >= 0.6 is 46.5 Å². The van der Waals surface area contributed by atoms with Crippen LogP contribution in [0.2, 0.25) is 0 Å². The summed E-state index contributed by atoms with van der Waals surface area (Å²) >= 11 is 4.63. The van der Waals surface area contributed by atoms with E-state index in [4.69, 9.17) is 0 Å². The number of benzene rings is 3. The Bertz CT molecular complexity index is 1830. The molecule has 0 saturated heterocycles. The number of hydrogen-bond acceptors (Lipinski definition) is 8. The van der Waals surface area contributed by atoms with Gasteiger partial charge in [0.2, 0.25) is 0 Å². The Kier molecular flexibility index (Phi) is 6.49. The Hall–Kier alpha value is -3.59. The Labute approximate surface area is 250 Å². The first kappa shape index (κ1) is 27.3. The summed E-state index contributed by atoms with van der Waals surface area (Å²) in [6.45, 7) is 0. The highest BCUT2D eigenvalue weighted by molar-refractivity contribution is 8.02. The standard InChI is InChI=1S/C28H14F6N4S4/c29-27(30,31)15-7-3-1-5-13(15)17-9-11-19(39-17)21-23-25(37-41-35-23)22(26-24(21)36-42-38-26)20-12-10-18(40-20)14-6-2-4-8-16(14)28(32,33)34/h1-12,35,37H. The molecule has 0 fully saturated rings. The first-order valence-corrected chi connectivity index (χ1v) is 15.3.